The van der Waals surface area contributed by atoms with Crippen LogP contribution in [0.15, 0.2) is 29.2 Å². The van der Waals surface area contributed by atoms with Crippen molar-refractivity contribution in [2.24, 2.45) is 0 Å². The van der Waals surface area contributed by atoms with Gasteiger partial charge in [0, 0.05) is 4.90 Å². The number of hydrogen-bond acceptors (Lipinski definition) is 2. The van der Waals surface area contributed by atoms with E-state index in [1.54, 1.807) is 24.3 Å². The molecule has 0 bridgehead atoms. The maximum absolute atomic E-state index is 12.2. The van der Waals surface area contributed by atoms with Crippen LogP contribution in [0.25, 0.3) is 0 Å². The van der Waals surface area contributed by atoms with E-state index in [0.717, 1.165) is 11.8 Å². The van der Waals surface area contributed by atoms with Gasteiger partial charge in [0.1, 0.15) is 0 Å². The molecule has 0 unspecified atom stereocenters. The lowest BCUT2D eigenvalue weighted by molar-refractivity contribution is -0.140. The zero-order valence-electron chi connectivity index (χ0n) is 9.03. The fourth-order valence-electron chi connectivity index (χ4n) is 1.86. The predicted molar refractivity (Wildman–Crippen MR) is 61.7 cm³/mol. The first kappa shape index (κ1) is 12.4. The van der Waals surface area contributed by atoms with Gasteiger partial charge in [0.15, 0.2) is 0 Å². The summed E-state index contributed by atoms with van der Waals surface area (Å²) in [7, 11) is 0. The van der Waals surface area contributed by atoms with Gasteiger partial charge in [-0.2, -0.15) is 0 Å². The maximum Gasteiger partial charge on any atom is 0.314 e. The van der Waals surface area contributed by atoms with Gasteiger partial charge in [-0.05, 0) is 24.5 Å². The molecular weight excluding hydrogens is 246 g/mol. The minimum Gasteiger partial charge on any atom is -0.481 e. The molecule has 1 saturated carbocycles. The first-order valence-electron chi connectivity index (χ1n) is 5.30. The van der Waals surface area contributed by atoms with E-state index in [2.05, 4.69) is 0 Å². The van der Waals surface area contributed by atoms with E-state index in [0.29, 0.717) is 23.3 Å². The van der Waals surface area contributed by atoms with Gasteiger partial charge >= 0.3 is 5.97 Å². The van der Waals surface area contributed by atoms with Crippen LogP contribution < -0.4 is 0 Å². The van der Waals surface area contributed by atoms with Gasteiger partial charge < -0.3 is 5.11 Å². The summed E-state index contributed by atoms with van der Waals surface area (Å²) in [4.78, 5) is 11.9. The zero-order valence-corrected chi connectivity index (χ0v) is 9.84. The highest BCUT2D eigenvalue weighted by molar-refractivity contribution is 7.99. The van der Waals surface area contributed by atoms with Crippen molar-refractivity contribution in [1.29, 1.82) is 0 Å². The van der Waals surface area contributed by atoms with Crippen molar-refractivity contribution in [1.82, 2.24) is 0 Å². The molecule has 0 spiro atoms. The second-order valence-electron chi connectivity index (χ2n) is 4.09. The first-order chi connectivity index (χ1) is 8.06. The number of aliphatic carboxylic acids is 1. The van der Waals surface area contributed by atoms with Gasteiger partial charge in [-0.25, -0.2) is 8.78 Å². The van der Waals surface area contributed by atoms with E-state index in [9.17, 15) is 18.7 Å². The average molecular weight is 258 g/mol. The molecular formula is C12H12F2O2S. The Labute approximate surface area is 102 Å². The smallest absolute Gasteiger partial charge is 0.314 e. The van der Waals surface area contributed by atoms with Gasteiger partial charge in [-0.15, -0.1) is 11.8 Å². The normalized spacial score (nSPS) is 17.1. The minimum absolute atomic E-state index is 0.299. The number of carboxylic acids is 1. The fourth-order valence-corrected chi connectivity index (χ4v) is 2.76. The second-order valence-corrected chi connectivity index (χ2v) is 5.15. The summed E-state index contributed by atoms with van der Waals surface area (Å²) in [5, 5.41) is 9.20. The van der Waals surface area contributed by atoms with Crippen LogP contribution in [0.5, 0.6) is 0 Å². The molecule has 0 heterocycles. The summed E-state index contributed by atoms with van der Waals surface area (Å²) in [5.41, 5.74) is -0.149. The minimum atomic E-state index is -2.38. The summed E-state index contributed by atoms with van der Waals surface area (Å²) < 4.78 is 24.4. The van der Waals surface area contributed by atoms with E-state index in [-0.39, 0.29) is 5.75 Å². The average Bonchev–Trinajstić information content (AvgIpc) is 3.08. The molecule has 2 rings (SSSR count). The van der Waals surface area contributed by atoms with Crippen LogP contribution in [0, 0.1) is 0 Å². The number of halogens is 2. The molecule has 1 aliphatic rings. The van der Waals surface area contributed by atoms with Crippen molar-refractivity contribution in [3.05, 3.63) is 29.8 Å². The molecule has 0 atom stereocenters. The van der Waals surface area contributed by atoms with Crippen molar-refractivity contribution >= 4 is 17.7 Å². The third-order valence-electron chi connectivity index (χ3n) is 2.93. The highest BCUT2D eigenvalue weighted by Gasteiger charge is 2.52. The lowest BCUT2D eigenvalue weighted by Gasteiger charge is -2.14. The Morgan fingerprint density at radius 3 is 2.59 bits per heavy atom. The van der Waals surface area contributed by atoms with Crippen LogP contribution in [0.3, 0.4) is 0 Å². The highest BCUT2D eigenvalue weighted by atomic mass is 32.2. The summed E-state index contributed by atoms with van der Waals surface area (Å²) >= 11 is 1.03. The molecule has 1 fully saturated rings. The third kappa shape index (κ3) is 2.44. The quantitative estimate of drug-likeness (QED) is 0.824. The molecule has 17 heavy (non-hydrogen) atoms. The number of benzene rings is 1. The van der Waals surface area contributed by atoms with Crippen LogP contribution in [0.4, 0.5) is 8.78 Å². The summed E-state index contributed by atoms with van der Waals surface area (Å²) in [6, 6.07) is 6.94. The Hall–Kier alpha value is -1.10. The Bertz CT molecular complexity index is 430. The largest absolute Gasteiger partial charge is 0.481 e. The molecule has 92 valence electrons. The topological polar surface area (TPSA) is 37.3 Å². The molecule has 1 aromatic carbocycles. The number of rotatable bonds is 5. The number of carboxylic acid groups (broad SMARTS) is 1. The number of hydrogen-bond donors (Lipinski definition) is 1. The highest BCUT2D eigenvalue weighted by Crippen LogP contribution is 2.51. The Morgan fingerprint density at radius 2 is 2.06 bits per heavy atom. The van der Waals surface area contributed by atoms with Gasteiger partial charge in [0.2, 0.25) is 6.43 Å². The summed E-state index contributed by atoms with van der Waals surface area (Å²) in [5.74, 6) is -1.16. The number of carbonyl (C=O) groups is 1. The molecule has 2 nitrogen and oxygen atoms in total. The SMILES string of the molecule is O=C(O)C1(c2ccccc2SCC(F)F)CC1. The van der Waals surface area contributed by atoms with E-state index in [4.69, 9.17) is 0 Å². The van der Waals surface area contributed by atoms with Crippen molar-refractivity contribution in [2.75, 3.05) is 5.75 Å². The lowest BCUT2D eigenvalue weighted by atomic mass is 9.96. The molecule has 1 aliphatic carbocycles. The van der Waals surface area contributed by atoms with E-state index in [1.807, 2.05) is 0 Å². The summed E-state index contributed by atoms with van der Waals surface area (Å²) in [6.07, 6.45) is -1.20. The fraction of sp³-hybridized carbons (Fsp3) is 0.417. The van der Waals surface area contributed by atoms with Crippen LogP contribution in [0.2, 0.25) is 0 Å². The Balaban J connectivity index is 2.25. The molecule has 5 heteroatoms. The molecule has 0 amide bonds. The molecule has 1 aromatic rings. The standard InChI is InChI=1S/C12H12F2O2S/c13-10(14)7-17-9-4-2-1-3-8(9)12(5-6-12)11(15)16/h1-4,10H,5-7H2,(H,15,16). The molecule has 0 radical (unpaired) electrons. The van der Waals surface area contributed by atoms with Crippen LogP contribution in [0.1, 0.15) is 18.4 Å². The van der Waals surface area contributed by atoms with Gasteiger partial charge in [-0.1, -0.05) is 18.2 Å². The van der Waals surface area contributed by atoms with Crippen molar-refractivity contribution in [3.63, 3.8) is 0 Å². The second kappa shape index (κ2) is 4.64. The van der Waals surface area contributed by atoms with E-state index in [1.165, 1.54) is 0 Å². The Kier molecular flexibility index (Phi) is 3.38. The van der Waals surface area contributed by atoms with Gasteiger partial charge in [-0.3, -0.25) is 4.79 Å². The predicted octanol–water partition coefficient (Wildman–Crippen LogP) is 3.16. The first-order valence-corrected chi connectivity index (χ1v) is 6.29. The lowest BCUT2D eigenvalue weighted by Crippen LogP contribution is -2.20. The van der Waals surface area contributed by atoms with Crippen LogP contribution in [-0.2, 0) is 10.2 Å². The van der Waals surface area contributed by atoms with E-state index >= 15 is 0 Å². The van der Waals surface area contributed by atoms with Crippen molar-refractivity contribution < 1.29 is 18.7 Å². The van der Waals surface area contributed by atoms with Crippen molar-refractivity contribution in [2.45, 2.75) is 29.6 Å². The van der Waals surface area contributed by atoms with Crippen LogP contribution in [-0.4, -0.2) is 23.3 Å². The molecule has 0 saturated heterocycles. The van der Waals surface area contributed by atoms with Gasteiger partial charge in [0.25, 0.3) is 0 Å². The van der Waals surface area contributed by atoms with Crippen LogP contribution >= 0.6 is 11.8 Å². The third-order valence-corrected chi connectivity index (χ3v) is 4.01. The molecule has 0 aliphatic heterocycles. The monoisotopic (exact) mass is 258 g/mol. The van der Waals surface area contributed by atoms with Gasteiger partial charge in [0.05, 0.1) is 11.2 Å². The number of thioether (sulfide) groups is 1. The number of alkyl halides is 2. The molecule has 0 aromatic heterocycles. The maximum atomic E-state index is 12.2. The Morgan fingerprint density at radius 1 is 1.41 bits per heavy atom. The van der Waals surface area contributed by atoms with Crippen molar-refractivity contribution in [3.8, 4) is 0 Å². The van der Waals surface area contributed by atoms with E-state index < -0.39 is 17.8 Å². The molecule has 1 N–H and O–H groups in total. The summed E-state index contributed by atoms with van der Waals surface area (Å²) in [6.45, 7) is 0. The zero-order chi connectivity index (χ0) is 12.5.